The topological polar surface area (TPSA) is 27.1 Å². The molecule has 0 aliphatic heterocycles. The predicted molar refractivity (Wildman–Crippen MR) is 71.2 cm³/mol. The van der Waals surface area contributed by atoms with Crippen molar-refractivity contribution in [1.29, 1.82) is 0 Å². The van der Waals surface area contributed by atoms with Crippen molar-refractivity contribution in [1.82, 2.24) is 9.78 Å². The lowest BCUT2D eigenvalue weighted by molar-refractivity contribution is 0.306. The van der Waals surface area contributed by atoms with Crippen molar-refractivity contribution in [3.05, 3.63) is 46.2 Å². The molecule has 0 N–H and O–H groups in total. The molecule has 0 bridgehead atoms. The Hall–Kier alpha value is -1.00. The van der Waals surface area contributed by atoms with E-state index in [0.717, 1.165) is 21.3 Å². The van der Waals surface area contributed by atoms with E-state index in [1.54, 1.807) is 10.9 Å². The molecule has 0 spiro atoms. The second kappa shape index (κ2) is 5.56. The van der Waals surface area contributed by atoms with Gasteiger partial charge in [0.1, 0.15) is 12.4 Å². The molecule has 1 heterocycles. The summed E-state index contributed by atoms with van der Waals surface area (Å²) in [6.45, 7) is 0.511. The van der Waals surface area contributed by atoms with Gasteiger partial charge in [-0.15, -0.1) is 11.6 Å². The highest BCUT2D eigenvalue weighted by Crippen LogP contribution is 2.24. The molecule has 0 unspecified atom stereocenters. The van der Waals surface area contributed by atoms with Crippen molar-refractivity contribution in [2.24, 2.45) is 7.05 Å². The van der Waals surface area contributed by atoms with E-state index in [-0.39, 0.29) is 0 Å². The van der Waals surface area contributed by atoms with Crippen molar-refractivity contribution < 1.29 is 4.74 Å². The average molecular weight is 316 g/mol. The Morgan fingerprint density at radius 3 is 2.94 bits per heavy atom. The fourth-order valence-corrected chi connectivity index (χ4v) is 2.23. The fourth-order valence-electron chi connectivity index (χ4n) is 1.46. The first-order chi connectivity index (χ1) is 8.19. The van der Waals surface area contributed by atoms with Gasteiger partial charge in [0, 0.05) is 29.2 Å². The summed E-state index contributed by atoms with van der Waals surface area (Å²) in [7, 11) is 1.88. The van der Waals surface area contributed by atoms with Gasteiger partial charge in [-0.1, -0.05) is 15.9 Å². The second-order valence-corrected chi connectivity index (χ2v) is 4.82. The molecule has 0 saturated carbocycles. The van der Waals surface area contributed by atoms with E-state index >= 15 is 0 Å². The van der Waals surface area contributed by atoms with E-state index < -0.39 is 0 Å². The largest absolute Gasteiger partial charge is 0.489 e. The molecule has 0 saturated heterocycles. The zero-order valence-electron chi connectivity index (χ0n) is 9.36. The van der Waals surface area contributed by atoms with Crippen LogP contribution < -0.4 is 4.74 Å². The third kappa shape index (κ3) is 3.23. The summed E-state index contributed by atoms with van der Waals surface area (Å²) in [5, 5.41) is 4.08. The van der Waals surface area contributed by atoms with E-state index in [4.69, 9.17) is 16.3 Å². The number of rotatable bonds is 4. The van der Waals surface area contributed by atoms with Gasteiger partial charge in [0.25, 0.3) is 0 Å². The molecule has 0 fully saturated rings. The number of alkyl halides is 1. The molecule has 5 heteroatoms. The zero-order valence-corrected chi connectivity index (χ0v) is 11.7. The van der Waals surface area contributed by atoms with E-state index in [9.17, 15) is 0 Å². The van der Waals surface area contributed by atoms with Crippen LogP contribution in [0.1, 0.15) is 11.1 Å². The van der Waals surface area contributed by atoms with Gasteiger partial charge in [-0.2, -0.15) is 5.10 Å². The van der Waals surface area contributed by atoms with Crippen LogP contribution in [-0.2, 0) is 19.5 Å². The first-order valence-electron chi connectivity index (χ1n) is 5.14. The standard InChI is InChI=1S/C12H12BrClN2O/c1-16-7-9(6-15-16)8-17-11-2-3-12(13)10(4-11)5-14/h2-4,6-7H,5,8H2,1H3. The lowest BCUT2D eigenvalue weighted by atomic mass is 10.2. The van der Waals surface area contributed by atoms with E-state index in [1.807, 2.05) is 31.4 Å². The molecule has 0 atom stereocenters. The molecule has 2 rings (SSSR count). The van der Waals surface area contributed by atoms with Gasteiger partial charge in [-0.05, 0) is 23.8 Å². The summed E-state index contributed by atoms with van der Waals surface area (Å²) in [6.07, 6.45) is 3.72. The molecular formula is C12H12BrClN2O. The van der Waals surface area contributed by atoms with Gasteiger partial charge in [0.05, 0.1) is 6.20 Å². The Labute approximate surface area is 113 Å². The van der Waals surface area contributed by atoms with Crippen LogP contribution in [0.5, 0.6) is 5.75 Å². The van der Waals surface area contributed by atoms with Crippen LogP contribution >= 0.6 is 27.5 Å². The minimum Gasteiger partial charge on any atom is -0.489 e. The molecular weight excluding hydrogens is 304 g/mol. The summed E-state index contributed by atoms with van der Waals surface area (Å²) >= 11 is 9.26. The smallest absolute Gasteiger partial charge is 0.120 e. The first-order valence-corrected chi connectivity index (χ1v) is 6.46. The van der Waals surface area contributed by atoms with E-state index in [1.165, 1.54) is 0 Å². The maximum atomic E-state index is 5.83. The van der Waals surface area contributed by atoms with Crippen molar-refractivity contribution in [3.63, 3.8) is 0 Å². The number of aromatic nitrogens is 2. The number of hydrogen-bond acceptors (Lipinski definition) is 2. The number of aryl methyl sites for hydroxylation is 1. The summed E-state index contributed by atoms with van der Waals surface area (Å²) in [6, 6.07) is 5.79. The van der Waals surface area contributed by atoms with E-state index in [0.29, 0.717) is 12.5 Å². The van der Waals surface area contributed by atoms with Crippen LogP contribution in [0.25, 0.3) is 0 Å². The number of halogens is 2. The monoisotopic (exact) mass is 314 g/mol. The third-order valence-electron chi connectivity index (χ3n) is 2.33. The fraction of sp³-hybridized carbons (Fsp3) is 0.250. The van der Waals surface area contributed by atoms with Gasteiger partial charge in [0.15, 0.2) is 0 Å². The van der Waals surface area contributed by atoms with Gasteiger partial charge in [-0.25, -0.2) is 0 Å². The number of benzene rings is 1. The number of ether oxygens (including phenoxy) is 1. The predicted octanol–water partition coefficient (Wildman–Crippen LogP) is 3.50. The van der Waals surface area contributed by atoms with Crippen molar-refractivity contribution in [3.8, 4) is 5.75 Å². The Kier molecular flexibility index (Phi) is 4.07. The quantitative estimate of drug-likeness (QED) is 0.808. The van der Waals surface area contributed by atoms with Crippen LogP contribution in [0.3, 0.4) is 0 Å². The van der Waals surface area contributed by atoms with Gasteiger partial charge >= 0.3 is 0 Å². The van der Waals surface area contributed by atoms with Crippen molar-refractivity contribution in [2.45, 2.75) is 12.5 Å². The minimum absolute atomic E-state index is 0.463. The normalized spacial score (nSPS) is 10.5. The van der Waals surface area contributed by atoms with Crippen LogP contribution in [0.2, 0.25) is 0 Å². The highest BCUT2D eigenvalue weighted by Gasteiger charge is 2.02. The molecule has 90 valence electrons. The Balaban J connectivity index is 2.04. The van der Waals surface area contributed by atoms with Crippen molar-refractivity contribution in [2.75, 3.05) is 0 Å². The van der Waals surface area contributed by atoms with Crippen molar-refractivity contribution >= 4 is 27.5 Å². The van der Waals surface area contributed by atoms with Gasteiger partial charge in [-0.3, -0.25) is 4.68 Å². The summed E-state index contributed by atoms with van der Waals surface area (Å²) in [5.74, 6) is 1.28. The van der Waals surface area contributed by atoms with Gasteiger partial charge in [0.2, 0.25) is 0 Å². The highest BCUT2D eigenvalue weighted by atomic mass is 79.9. The third-order valence-corrected chi connectivity index (χ3v) is 3.39. The summed E-state index contributed by atoms with van der Waals surface area (Å²) in [5.41, 5.74) is 2.07. The molecule has 0 aliphatic rings. The lowest BCUT2D eigenvalue weighted by Gasteiger charge is -2.07. The molecule has 1 aromatic carbocycles. The molecule has 3 nitrogen and oxygen atoms in total. The second-order valence-electron chi connectivity index (χ2n) is 3.70. The number of nitrogens with zero attached hydrogens (tertiary/aromatic N) is 2. The minimum atomic E-state index is 0.463. The molecule has 0 amide bonds. The Morgan fingerprint density at radius 1 is 1.47 bits per heavy atom. The van der Waals surface area contributed by atoms with Crippen LogP contribution in [0, 0.1) is 0 Å². The van der Waals surface area contributed by atoms with E-state index in [2.05, 4.69) is 21.0 Å². The van der Waals surface area contributed by atoms with Gasteiger partial charge < -0.3 is 4.74 Å². The average Bonchev–Trinajstić information content (AvgIpc) is 2.74. The van der Waals surface area contributed by atoms with Crippen LogP contribution in [0.4, 0.5) is 0 Å². The SMILES string of the molecule is Cn1cc(COc2ccc(Br)c(CCl)c2)cn1. The molecule has 17 heavy (non-hydrogen) atoms. The highest BCUT2D eigenvalue weighted by molar-refractivity contribution is 9.10. The van der Waals surface area contributed by atoms with Crippen LogP contribution in [0.15, 0.2) is 35.1 Å². The maximum Gasteiger partial charge on any atom is 0.120 e. The molecule has 0 radical (unpaired) electrons. The summed E-state index contributed by atoms with van der Waals surface area (Å²) in [4.78, 5) is 0. The maximum absolute atomic E-state index is 5.83. The molecule has 0 aliphatic carbocycles. The zero-order chi connectivity index (χ0) is 12.3. The van der Waals surface area contributed by atoms with Crippen LogP contribution in [-0.4, -0.2) is 9.78 Å². The summed E-state index contributed by atoms with van der Waals surface area (Å²) < 4.78 is 8.43. The molecule has 2 aromatic rings. The lowest BCUT2D eigenvalue weighted by Crippen LogP contribution is -1.95. The Bertz CT molecular complexity index is 513. The number of hydrogen-bond donors (Lipinski definition) is 0. The molecule has 1 aromatic heterocycles. The first kappa shape index (κ1) is 12.5. The Morgan fingerprint density at radius 2 is 2.29 bits per heavy atom.